The van der Waals surface area contributed by atoms with Crippen molar-refractivity contribution in [3.63, 3.8) is 0 Å². The summed E-state index contributed by atoms with van der Waals surface area (Å²) in [6.07, 6.45) is 3.41. The van der Waals surface area contributed by atoms with Crippen molar-refractivity contribution >= 4 is 19.6 Å². The highest BCUT2D eigenvalue weighted by Crippen LogP contribution is 2.50. The minimum atomic E-state index is -3.45. The van der Waals surface area contributed by atoms with Crippen molar-refractivity contribution in [2.75, 3.05) is 20.3 Å². The summed E-state index contributed by atoms with van der Waals surface area (Å²) < 4.78 is 49.2. The van der Waals surface area contributed by atoms with Gasteiger partial charge in [0.15, 0.2) is 11.5 Å². The van der Waals surface area contributed by atoms with Gasteiger partial charge in [-0.3, -0.25) is 4.57 Å². The van der Waals surface area contributed by atoms with Gasteiger partial charge >= 0.3 is 13.6 Å². The van der Waals surface area contributed by atoms with Crippen LogP contribution < -0.4 is 14.2 Å². The molecule has 13 heteroatoms. The molecule has 5 aromatic rings. The smallest absolute Gasteiger partial charge is 0.354 e. The van der Waals surface area contributed by atoms with Crippen molar-refractivity contribution < 1.29 is 42.1 Å². The third kappa shape index (κ3) is 8.40. The zero-order chi connectivity index (χ0) is 34.1. The van der Waals surface area contributed by atoms with Crippen LogP contribution in [0.1, 0.15) is 46.8 Å². The summed E-state index contributed by atoms with van der Waals surface area (Å²) in [6, 6.07) is 21.3. The van der Waals surface area contributed by atoms with E-state index in [9.17, 15) is 9.36 Å². The number of hydrogen-bond donors (Lipinski definition) is 1. The lowest BCUT2D eigenvalue weighted by Crippen LogP contribution is -2.02. The van der Waals surface area contributed by atoms with Crippen LogP contribution in [0.2, 0.25) is 0 Å². The summed E-state index contributed by atoms with van der Waals surface area (Å²) in [6.45, 7) is 6.04. The number of para-hydroxylation sites is 1. The lowest BCUT2D eigenvalue weighted by Gasteiger charge is -2.13. The molecule has 0 aliphatic rings. The minimum Gasteiger partial charge on any atom is -0.493 e. The fraction of sp³-hybridized carbons (Fsp3) is 0.229. The molecule has 0 fully saturated rings. The lowest BCUT2D eigenvalue weighted by atomic mass is 10.1. The van der Waals surface area contributed by atoms with Gasteiger partial charge in [-0.25, -0.2) is 14.5 Å². The maximum atomic E-state index is 13.1. The van der Waals surface area contributed by atoms with Crippen molar-refractivity contribution in [2.24, 2.45) is 0 Å². The highest BCUT2D eigenvalue weighted by molar-refractivity contribution is 7.57. The van der Waals surface area contributed by atoms with Gasteiger partial charge in [-0.05, 0) is 80.9 Å². The predicted octanol–water partition coefficient (Wildman–Crippen LogP) is 7.94. The third-order valence-corrected chi connectivity index (χ3v) is 8.77. The minimum absolute atomic E-state index is 0.120. The third-order valence-electron chi connectivity index (χ3n) is 7.02. The molecule has 0 bridgehead atoms. The Labute approximate surface area is 278 Å². The summed E-state index contributed by atoms with van der Waals surface area (Å²) in [4.78, 5) is 15.7. The number of aromatic nitrogens is 3. The molecule has 0 saturated heterocycles. The molecule has 0 atom stereocenters. The summed E-state index contributed by atoms with van der Waals surface area (Å²) in [5.74, 6) is 2.67. The highest BCUT2D eigenvalue weighted by Gasteiger charge is 2.21. The van der Waals surface area contributed by atoms with Gasteiger partial charge in [0, 0.05) is 17.6 Å². The first-order valence-corrected chi connectivity index (χ1v) is 16.8. The molecule has 250 valence electrons. The zero-order valence-corrected chi connectivity index (χ0v) is 27.9. The number of carboxylic acid groups (broad SMARTS) is 1. The van der Waals surface area contributed by atoms with Crippen molar-refractivity contribution in [3.8, 4) is 34.5 Å². The predicted molar refractivity (Wildman–Crippen MR) is 179 cm³/mol. The number of carboxylic acids is 1. The number of aryl methyl sites for hydroxylation is 1. The van der Waals surface area contributed by atoms with Crippen LogP contribution >= 0.6 is 7.60 Å². The number of ether oxygens (including phenoxy) is 3. The Balaban J connectivity index is 1.30. The van der Waals surface area contributed by atoms with Gasteiger partial charge < -0.3 is 32.8 Å². The Bertz CT molecular complexity index is 1910. The first-order valence-electron chi connectivity index (χ1n) is 15.2. The average molecular weight is 674 g/mol. The molecular formula is C35H36N3O9P. The molecule has 0 saturated carbocycles. The maximum absolute atomic E-state index is 13.1. The van der Waals surface area contributed by atoms with Gasteiger partial charge in [-0.2, -0.15) is 0 Å². The van der Waals surface area contributed by atoms with Crippen molar-refractivity contribution in [1.82, 2.24) is 14.8 Å². The van der Waals surface area contributed by atoms with E-state index in [1.165, 1.54) is 17.9 Å². The van der Waals surface area contributed by atoms with Crippen molar-refractivity contribution in [2.45, 2.75) is 34.0 Å². The topological polar surface area (TPSA) is 144 Å². The summed E-state index contributed by atoms with van der Waals surface area (Å²) in [5, 5.41) is 13.8. The second-order valence-corrected chi connectivity index (χ2v) is 12.2. The van der Waals surface area contributed by atoms with Crippen molar-refractivity contribution in [1.29, 1.82) is 0 Å². The van der Waals surface area contributed by atoms with Gasteiger partial charge in [0.05, 0.1) is 37.1 Å². The summed E-state index contributed by atoms with van der Waals surface area (Å²) in [5.41, 5.74) is 3.63. The van der Waals surface area contributed by atoms with Gasteiger partial charge in [0.25, 0.3) is 0 Å². The van der Waals surface area contributed by atoms with Gasteiger partial charge in [0.2, 0.25) is 11.8 Å². The molecule has 1 N–H and O–H groups in total. The van der Waals surface area contributed by atoms with Crippen LogP contribution in [0.25, 0.3) is 23.2 Å². The molecule has 5 rings (SSSR count). The monoisotopic (exact) mass is 673 g/mol. The Kier molecular flexibility index (Phi) is 11.1. The lowest BCUT2D eigenvalue weighted by molar-refractivity contribution is 0.0696. The molecule has 2 aromatic heterocycles. The quantitative estimate of drug-likeness (QED) is 0.102. The van der Waals surface area contributed by atoms with E-state index < -0.39 is 13.6 Å². The van der Waals surface area contributed by atoms with Gasteiger partial charge in [0.1, 0.15) is 24.7 Å². The van der Waals surface area contributed by atoms with E-state index in [0.29, 0.717) is 45.9 Å². The number of aromatic carboxylic acids is 1. The van der Waals surface area contributed by atoms with Crippen LogP contribution in [0.3, 0.4) is 0 Å². The number of hydrogen-bond acceptors (Lipinski definition) is 10. The van der Waals surface area contributed by atoms with Crippen molar-refractivity contribution in [3.05, 3.63) is 113 Å². The highest BCUT2D eigenvalue weighted by atomic mass is 31.2. The molecule has 0 spiro atoms. The molecule has 2 heterocycles. The Morgan fingerprint density at radius 1 is 0.958 bits per heavy atom. The zero-order valence-electron chi connectivity index (χ0n) is 27.0. The number of oxazole rings is 1. The van der Waals surface area contributed by atoms with Crippen LogP contribution in [0.5, 0.6) is 17.4 Å². The molecule has 12 nitrogen and oxygen atoms in total. The van der Waals surface area contributed by atoms with Crippen LogP contribution in [0, 0.1) is 6.92 Å². The summed E-state index contributed by atoms with van der Waals surface area (Å²) in [7, 11) is -1.90. The van der Waals surface area contributed by atoms with E-state index in [0.717, 1.165) is 11.3 Å². The molecular weight excluding hydrogens is 637 g/mol. The Hall–Kier alpha value is -5.16. The molecule has 48 heavy (non-hydrogen) atoms. The number of methoxy groups -OCH3 is 1. The molecule has 0 amide bonds. The molecule has 0 aliphatic carbocycles. The standard InChI is InChI=1S/C35H36N3O9P/c1-5-45-48(41,46-6-2)19-18-28-21-38(29-10-8-7-9-11-29)37-34(28)44-22-25-12-17-31(32(20-25)42-4)43-23-30-24(3)47-33(36-30)26-13-15-27(16-14-26)35(39)40/h7-21H,5-6,22-23H2,1-4H3,(H,39,40)/b19-18+. The van der Waals surface area contributed by atoms with Gasteiger partial charge in [-0.15, -0.1) is 5.10 Å². The second-order valence-electron chi connectivity index (χ2n) is 10.3. The van der Waals surface area contributed by atoms with E-state index in [4.69, 9.17) is 32.8 Å². The van der Waals surface area contributed by atoms with E-state index in [1.807, 2.05) is 42.5 Å². The fourth-order valence-electron chi connectivity index (χ4n) is 4.63. The normalized spacial score (nSPS) is 11.6. The first kappa shape index (κ1) is 34.2. The molecule has 3 aromatic carbocycles. The molecule has 0 aliphatic heterocycles. The van der Waals surface area contributed by atoms with Crippen LogP contribution in [-0.2, 0) is 26.8 Å². The number of rotatable bonds is 16. The Morgan fingerprint density at radius 3 is 2.35 bits per heavy atom. The summed E-state index contributed by atoms with van der Waals surface area (Å²) >= 11 is 0. The number of benzene rings is 3. The van der Waals surface area contributed by atoms with Crippen LogP contribution in [0.15, 0.2) is 89.2 Å². The second kappa shape index (κ2) is 15.6. The van der Waals surface area contributed by atoms with Crippen LogP contribution in [-0.4, -0.2) is 46.2 Å². The van der Waals surface area contributed by atoms with Gasteiger partial charge in [-0.1, -0.05) is 24.3 Å². The fourth-order valence-corrected chi connectivity index (χ4v) is 5.94. The van der Waals surface area contributed by atoms with E-state index in [1.54, 1.807) is 63.0 Å². The maximum Gasteiger partial charge on any atom is 0.354 e. The Morgan fingerprint density at radius 2 is 1.69 bits per heavy atom. The SMILES string of the molecule is CCOP(=O)(/C=C/c1cn(-c2ccccc2)nc1OCc1ccc(OCc2nc(-c3ccc(C(=O)O)cc3)oc2C)c(OC)c1)OCC. The first-order chi connectivity index (χ1) is 23.2. The van der Waals surface area contributed by atoms with E-state index in [2.05, 4.69) is 10.1 Å². The van der Waals surface area contributed by atoms with Crippen LogP contribution in [0.4, 0.5) is 0 Å². The van der Waals surface area contributed by atoms with E-state index in [-0.39, 0.29) is 32.0 Å². The molecule has 0 radical (unpaired) electrons. The average Bonchev–Trinajstić information content (AvgIpc) is 3.69. The largest absolute Gasteiger partial charge is 0.493 e. The number of carbonyl (C=O) groups is 1. The number of nitrogens with zero attached hydrogens (tertiary/aromatic N) is 3. The molecule has 0 unspecified atom stereocenters. The van der Waals surface area contributed by atoms with E-state index >= 15 is 0 Å².